The largest absolute Gasteiger partial charge is 0.491 e. The number of carbonyl (C=O) groups excluding carboxylic acids is 1. The van der Waals surface area contributed by atoms with Crippen molar-refractivity contribution in [2.24, 2.45) is 0 Å². The van der Waals surface area contributed by atoms with Crippen LogP contribution in [0.25, 0.3) is 0 Å². The number of nitrogens with zero attached hydrogens (tertiary/aromatic N) is 1. The highest BCUT2D eigenvalue weighted by molar-refractivity contribution is 7.99. The quantitative estimate of drug-likeness (QED) is 0.779. The molecule has 1 fully saturated rings. The molecule has 2 aromatic rings. The van der Waals surface area contributed by atoms with Crippen LogP contribution in [0.1, 0.15) is 40.8 Å². The van der Waals surface area contributed by atoms with Crippen molar-refractivity contribution in [2.75, 3.05) is 18.8 Å². The first-order chi connectivity index (χ1) is 11.6. The molecule has 1 aliphatic heterocycles. The normalized spacial score (nSPS) is 18.5. The second kappa shape index (κ2) is 8.08. The maximum absolute atomic E-state index is 12.8. The molecule has 1 amide bonds. The van der Waals surface area contributed by atoms with Gasteiger partial charge in [-0.25, -0.2) is 0 Å². The molecule has 0 spiro atoms. The Bertz CT molecular complexity index is 653. The smallest absolute Gasteiger partial charge is 0.253 e. The Kier molecular flexibility index (Phi) is 5.85. The van der Waals surface area contributed by atoms with Gasteiger partial charge in [0, 0.05) is 34.5 Å². The Morgan fingerprint density at radius 1 is 1.21 bits per heavy atom. The Balaban J connectivity index is 1.62. The Hall–Kier alpha value is -1.46. The molecule has 3 rings (SSSR count). The zero-order chi connectivity index (χ0) is 16.9. The fourth-order valence-corrected chi connectivity index (χ4v) is 5.04. The van der Waals surface area contributed by atoms with E-state index in [1.54, 1.807) is 0 Å². The lowest BCUT2D eigenvalue weighted by Crippen LogP contribution is -2.32. The van der Waals surface area contributed by atoms with Crippen LogP contribution in [-0.4, -0.2) is 35.8 Å². The van der Waals surface area contributed by atoms with Crippen LogP contribution in [0.15, 0.2) is 41.8 Å². The standard InChI is InChI=1S/C19H23NO2S2/c1-14(2)22-16-7-5-15(6-8-16)19(21)20-10-9-18(24-13-11-20)17-4-3-12-23-17/h3-8,12,14,18H,9-11,13H2,1-2H3. The minimum atomic E-state index is 0.124. The number of ether oxygens (including phenoxy) is 1. The van der Waals surface area contributed by atoms with Crippen LogP contribution >= 0.6 is 23.1 Å². The number of hydrogen-bond acceptors (Lipinski definition) is 4. The summed E-state index contributed by atoms with van der Waals surface area (Å²) in [5, 5.41) is 2.65. The topological polar surface area (TPSA) is 29.5 Å². The minimum absolute atomic E-state index is 0.124. The van der Waals surface area contributed by atoms with E-state index in [1.165, 1.54) is 4.88 Å². The fraction of sp³-hybridized carbons (Fsp3) is 0.421. The van der Waals surface area contributed by atoms with E-state index in [9.17, 15) is 4.79 Å². The average molecular weight is 362 g/mol. The number of hydrogen-bond donors (Lipinski definition) is 0. The molecule has 0 bridgehead atoms. The van der Waals surface area contributed by atoms with Gasteiger partial charge >= 0.3 is 0 Å². The minimum Gasteiger partial charge on any atom is -0.491 e. The molecule has 1 saturated heterocycles. The number of benzene rings is 1. The highest BCUT2D eigenvalue weighted by Gasteiger charge is 2.23. The van der Waals surface area contributed by atoms with Crippen LogP contribution in [0.4, 0.5) is 0 Å². The highest BCUT2D eigenvalue weighted by atomic mass is 32.2. The average Bonchev–Trinajstić information content (AvgIpc) is 2.99. The van der Waals surface area contributed by atoms with E-state index in [0.29, 0.717) is 5.25 Å². The van der Waals surface area contributed by atoms with E-state index in [1.807, 2.05) is 66.1 Å². The molecule has 1 aliphatic rings. The molecule has 2 heterocycles. The summed E-state index contributed by atoms with van der Waals surface area (Å²) in [6, 6.07) is 11.8. The van der Waals surface area contributed by atoms with Gasteiger partial charge in [0.05, 0.1) is 6.10 Å². The maximum atomic E-state index is 12.8. The Labute approximate surface area is 152 Å². The number of thiophene rings is 1. The lowest BCUT2D eigenvalue weighted by Gasteiger charge is -2.20. The summed E-state index contributed by atoms with van der Waals surface area (Å²) in [6.07, 6.45) is 1.16. The first-order valence-electron chi connectivity index (χ1n) is 8.34. The number of thioether (sulfide) groups is 1. The van der Waals surface area contributed by atoms with Gasteiger partial charge in [-0.1, -0.05) is 6.07 Å². The van der Waals surface area contributed by atoms with Gasteiger partial charge in [-0.15, -0.1) is 11.3 Å². The van der Waals surface area contributed by atoms with Gasteiger partial charge < -0.3 is 9.64 Å². The van der Waals surface area contributed by atoms with Gasteiger partial charge in [0.1, 0.15) is 5.75 Å². The van der Waals surface area contributed by atoms with Crippen LogP contribution in [0.2, 0.25) is 0 Å². The second-order valence-corrected chi connectivity index (χ2v) is 8.44. The van der Waals surface area contributed by atoms with Crippen molar-refractivity contribution in [1.82, 2.24) is 4.90 Å². The molecule has 0 aliphatic carbocycles. The van der Waals surface area contributed by atoms with Crippen molar-refractivity contribution in [3.63, 3.8) is 0 Å². The third-order valence-electron chi connectivity index (χ3n) is 3.96. The lowest BCUT2D eigenvalue weighted by atomic mass is 10.1. The van der Waals surface area contributed by atoms with Crippen LogP contribution in [0.3, 0.4) is 0 Å². The molecule has 1 unspecified atom stereocenters. The van der Waals surface area contributed by atoms with E-state index in [-0.39, 0.29) is 12.0 Å². The first kappa shape index (κ1) is 17.4. The van der Waals surface area contributed by atoms with Crippen molar-refractivity contribution in [2.45, 2.75) is 31.6 Å². The predicted octanol–water partition coefficient (Wildman–Crippen LogP) is 4.86. The summed E-state index contributed by atoms with van der Waals surface area (Å²) in [4.78, 5) is 16.2. The molecule has 1 aromatic heterocycles. The zero-order valence-electron chi connectivity index (χ0n) is 14.1. The van der Waals surface area contributed by atoms with E-state index in [4.69, 9.17) is 4.74 Å². The van der Waals surface area contributed by atoms with Crippen molar-refractivity contribution in [3.05, 3.63) is 52.2 Å². The van der Waals surface area contributed by atoms with Gasteiger partial charge in [-0.3, -0.25) is 4.79 Å². The molecular formula is C19H23NO2S2. The van der Waals surface area contributed by atoms with E-state index < -0.39 is 0 Å². The molecule has 128 valence electrons. The lowest BCUT2D eigenvalue weighted by molar-refractivity contribution is 0.0766. The fourth-order valence-electron chi connectivity index (χ4n) is 2.81. The van der Waals surface area contributed by atoms with E-state index in [0.717, 1.165) is 36.6 Å². The summed E-state index contributed by atoms with van der Waals surface area (Å²) < 4.78 is 5.64. The predicted molar refractivity (Wildman–Crippen MR) is 102 cm³/mol. The zero-order valence-corrected chi connectivity index (χ0v) is 15.7. The molecule has 24 heavy (non-hydrogen) atoms. The van der Waals surface area contributed by atoms with Crippen molar-refractivity contribution in [1.29, 1.82) is 0 Å². The van der Waals surface area contributed by atoms with Gasteiger partial charge in [-0.2, -0.15) is 11.8 Å². The SMILES string of the molecule is CC(C)Oc1ccc(C(=O)N2CCSC(c3cccs3)CC2)cc1. The Morgan fingerprint density at radius 3 is 2.67 bits per heavy atom. The van der Waals surface area contributed by atoms with Crippen molar-refractivity contribution >= 4 is 29.0 Å². The van der Waals surface area contributed by atoms with Gasteiger partial charge in [0.25, 0.3) is 5.91 Å². The van der Waals surface area contributed by atoms with Gasteiger partial charge in [0.15, 0.2) is 0 Å². The maximum Gasteiger partial charge on any atom is 0.253 e. The molecular weight excluding hydrogens is 338 g/mol. The summed E-state index contributed by atoms with van der Waals surface area (Å²) in [5.74, 6) is 1.92. The summed E-state index contributed by atoms with van der Waals surface area (Å²) in [7, 11) is 0. The van der Waals surface area contributed by atoms with Crippen molar-refractivity contribution < 1.29 is 9.53 Å². The first-order valence-corrected chi connectivity index (χ1v) is 10.3. The molecule has 0 radical (unpaired) electrons. The molecule has 0 N–H and O–H groups in total. The van der Waals surface area contributed by atoms with Crippen LogP contribution in [-0.2, 0) is 0 Å². The van der Waals surface area contributed by atoms with Crippen LogP contribution < -0.4 is 4.74 Å². The van der Waals surface area contributed by atoms with E-state index in [2.05, 4.69) is 17.5 Å². The third-order valence-corrected chi connectivity index (χ3v) is 6.41. The van der Waals surface area contributed by atoms with Gasteiger partial charge in [0.2, 0.25) is 0 Å². The second-order valence-electron chi connectivity index (χ2n) is 6.15. The third kappa shape index (κ3) is 4.33. The number of rotatable bonds is 4. The van der Waals surface area contributed by atoms with Crippen molar-refractivity contribution in [3.8, 4) is 5.75 Å². The summed E-state index contributed by atoms with van der Waals surface area (Å²) >= 11 is 3.78. The molecule has 1 aromatic carbocycles. The van der Waals surface area contributed by atoms with Crippen LogP contribution in [0.5, 0.6) is 5.75 Å². The summed E-state index contributed by atoms with van der Waals surface area (Å²) in [5.41, 5.74) is 0.741. The molecule has 1 atom stereocenters. The molecule has 3 nitrogen and oxygen atoms in total. The summed E-state index contributed by atoms with van der Waals surface area (Å²) in [6.45, 7) is 5.63. The molecule has 0 saturated carbocycles. The number of amides is 1. The monoisotopic (exact) mass is 361 g/mol. The Morgan fingerprint density at radius 2 is 2.00 bits per heavy atom. The van der Waals surface area contributed by atoms with Gasteiger partial charge in [-0.05, 0) is 56.0 Å². The molecule has 5 heteroatoms. The van der Waals surface area contributed by atoms with E-state index >= 15 is 0 Å². The van der Waals surface area contributed by atoms with Crippen LogP contribution in [0, 0.1) is 0 Å². The number of carbonyl (C=O) groups is 1. The highest BCUT2D eigenvalue weighted by Crippen LogP contribution is 2.36.